The highest BCUT2D eigenvalue weighted by molar-refractivity contribution is 5.91. The van der Waals surface area contributed by atoms with Gasteiger partial charge in [-0.25, -0.2) is 0 Å². The van der Waals surface area contributed by atoms with Crippen LogP contribution in [0.5, 0.6) is 0 Å². The van der Waals surface area contributed by atoms with Crippen LogP contribution >= 0.6 is 0 Å². The lowest BCUT2D eigenvalue weighted by atomic mass is 10.0. The predicted molar refractivity (Wildman–Crippen MR) is 73.9 cm³/mol. The van der Waals surface area contributed by atoms with E-state index < -0.39 is 0 Å². The molecule has 18 heavy (non-hydrogen) atoms. The maximum Gasteiger partial charge on any atom is 0.0725 e. The molecule has 1 aromatic heterocycles. The molecule has 1 saturated heterocycles. The number of nitrogens with zero attached hydrogens (tertiary/aromatic N) is 1. The Morgan fingerprint density at radius 3 is 2.94 bits per heavy atom. The molecule has 2 heterocycles. The van der Waals surface area contributed by atoms with E-state index in [-0.39, 0.29) is 5.54 Å². The van der Waals surface area contributed by atoms with Crippen molar-refractivity contribution in [1.29, 1.82) is 0 Å². The third-order valence-corrected chi connectivity index (χ3v) is 3.50. The van der Waals surface area contributed by atoms with Crippen LogP contribution in [0, 0.1) is 6.92 Å². The van der Waals surface area contributed by atoms with E-state index in [1.165, 1.54) is 5.39 Å². The minimum Gasteiger partial charge on any atom is -0.379 e. The van der Waals surface area contributed by atoms with Crippen molar-refractivity contribution in [2.45, 2.75) is 25.8 Å². The first-order valence-electron chi connectivity index (χ1n) is 6.39. The molecule has 1 unspecified atom stereocenters. The number of rotatable bonds is 2. The molecule has 0 amide bonds. The lowest BCUT2D eigenvalue weighted by Gasteiger charge is -2.26. The monoisotopic (exact) mass is 242 g/mol. The SMILES string of the molecule is Cc1cc(NC2(C)CCOC2)c2ccccc2n1. The molecule has 1 aliphatic rings. The van der Waals surface area contributed by atoms with Crippen molar-refractivity contribution in [3.05, 3.63) is 36.0 Å². The first-order valence-corrected chi connectivity index (χ1v) is 6.39. The Labute approximate surface area is 107 Å². The molecule has 1 aliphatic heterocycles. The van der Waals surface area contributed by atoms with Crippen LogP contribution < -0.4 is 5.32 Å². The summed E-state index contributed by atoms with van der Waals surface area (Å²) in [5, 5.41) is 4.81. The normalized spacial score (nSPS) is 23.4. The van der Waals surface area contributed by atoms with E-state index >= 15 is 0 Å². The highest BCUT2D eigenvalue weighted by atomic mass is 16.5. The van der Waals surface area contributed by atoms with Gasteiger partial charge >= 0.3 is 0 Å². The number of fused-ring (bicyclic) bond motifs is 1. The number of anilines is 1. The number of pyridine rings is 1. The molecule has 1 atom stereocenters. The van der Waals surface area contributed by atoms with Crippen molar-refractivity contribution >= 4 is 16.6 Å². The van der Waals surface area contributed by atoms with Crippen LogP contribution in [0.1, 0.15) is 19.0 Å². The minimum atomic E-state index is 0.0383. The van der Waals surface area contributed by atoms with Crippen molar-refractivity contribution in [2.75, 3.05) is 18.5 Å². The molecule has 1 aromatic carbocycles. The molecule has 94 valence electrons. The molecule has 0 bridgehead atoms. The number of ether oxygens (including phenoxy) is 1. The third kappa shape index (κ3) is 2.06. The highest BCUT2D eigenvalue weighted by Gasteiger charge is 2.29. The number of nitrogens with one attached hydrogen (secondary N) is 1. The molecular weight excluding hydrogens is 224 g/mol. The lowest BCUT2D eigenvalue weighted by Crippen LogP contribution is -2.35. The molecule has 1 N–H and O–H groups in total. The summed E-state index contributed by atoms with van der Waals surface area (Å²) < 4.78 is 5.50. The van der Waals surface area contributed by atoms with Gasteiger partial charge in [-0.3, -0.25) is 4.98 Å². The van der Waals surface area contributed by atoms with E-state index in [1.807, 2.05) is 13.0 Å². The van der Waals surface area contributed by atoms with Crippen LogP contribution in [0.4, 0.5) is 5.69 Å². The van der Waals surface area contributed by atoms with Gasteiger partial charge in [0, 0.05) is 23.4 Å². The van der Waals surface area contributed by atoms with Crippen LogP contribution in [-0.4, -0.2) is 23.7 Å². The van der Waals surface area contributed by atoms with Crippen molar-refractivity contribution < 1.29 is 4.74 Å². The van der Waals surface area contributed by atoms with Gasteiger partial charge in [0.25, 0.3) is 0 Å². The fourth-order valence-electron chi connectivity index (χ4n) is 2.50. The van der Waals surface area contributed by atoms with Gasteiger partial charge in [0.1, 0.15) is 0 Å². The van der Waals surface area contributed by atoms with Crippen molar-refractivity contribution in [1.82, 2.24) is 4.98 Å². The molecule has 2 aromatic rings. The second-order valence-corrected chi connectivity index (χ2v) is 5.32. The Morgan fingerprint density at radius 1 is 1.33 bits per heavy atom. The van der Waals surface area contributed by atoms with E-state index in [4.69, 9.17) is 4.74 Å². The van der Waals surface area contributed by atoms with Gasteiger partial charge in [-0.1, -0.05) is 18.2 Å². The fraction of sp³-hybridized carbons (Fsp3) is 0.400. The zero-order valence-corrected chi connectivity index (χ0v) is 10.9. The smallest absolute Gasteiger partial charge is 0.0725 e. The number of para-hydroxylation sites is 1. The fourth-order valence-corrected chi connectivity index (χ4v) is 2.50. The van der Waals surface area contributed by atoms with Crippen LogP contribution in [0.25, 0.3) is 10.9 Å². The third-order valence-electron chi connectivity index (χ3n) is 3.50. The standard InChI is InChI=1S/C15H18N2O/c1-11-9-14(17-15(2)7-8-18-10-15)12-5-3-4-6-13(12)16-11/h3-6,9H,7-8,10H2,1-2H3,(H,16,17). The van der Waals surface area contributed by atoms with Crippen LogP contribution in [0.3, 0.4) is 0 Å². The van der Waals surface area contributed by atoms with Gasteiger partial charge in [0.05, 0.1) is 17.7 Å². The van der Waals surface area contributed by atoms with E-state index in [1.54, 1.807) is 0 Å². The Bertz CT molecular complexity index is 574. The number of benzene rings is 1. The second kappa shape index (κ2) is 4.25. The highest BCUT2D eigenvalue weighted by Crippen LogP contribution is 2.29. The van der Waals surface area contributed by atoms with Gasteiger partial charge in [0.15, 0.2) is 0 Å². The van der Waals surface area contributed by atoms with E-state index in [2.05, 4.69) is 41.5 Å². The molecule has 0 radical (unpaired) electrons. The zero-order chi connectivity index (χ0) is 12.6. The van der Waals surface area contributed by atoms with Gasteiger partial charge in [-0.15, -0.1) is 0 Å². The molecule has 1 fully saturated rings. The molecule has 3 nitrogen and oxygen atoms in total. The second-order valence-electron chi connectivity index (χ2n) is 5.32. The maximum atomic E-state index is 5.50. The van der Waals surface area contributed by atoms with Crippen LogP contribution in [0.2, 0.25) is 0 Å². The molecule has 0 saturated carbocycles. The summed E-state index contributed by atoms with van der Waals surface area (Å²) in [4.78, 5) is 4.56. The summed E-state index contributed by atoms with van der Waals surface area (Å²) in [6.45, 7) is 5.85. The summed E-state index contributed by atoms with van der Waals surface area (Å²) in [7, 11) is 0. The molecule has 0 spiro atoms. The minimum absolute atomic E-state index is 0.0383. The predicted octanol–water partition coefficient (Wildman–Crippen LogP) is 3.13. The first kappa shape index (κ1) is 11.5. The summed E-state index contributed by atoms with van der Waals surface area (Å²) in [6, 6.07) is 10.4. The lowest BCUT2D eigenvalue weighted by molar-refractivity contribution is 0.185. The number of aryl methyl sites for hydroxylation is 1. The Kier molecular flexibility index (Phi) is 2.71. The average Bonchev–Trinajstić information content (AvgIpc) is 2.75. The van der Waals surface area contributed by atoms with Crippen molar-refractivity contribution in [2.24, 2.45) is 0 Å². The van der Waals surface area contributed by atoms with Gasteiger partial charge < -0.3 is 10.1 Å². The first-order chi connectivity index (χ1) is 8.66. The van der Waals surface area contributed by atoms with Gasteiger partial charge in [-0.05, 0) is 32.4 Å². The molecular formula is C15H18N2O. The molecule has 3 heteroatoms. The van der Waals surface area contributed by atoms with E-state index in [0.29, 0.717) is 0 Å². The number of hydrogen-bond donors (Lipinski definition) is 1. The van der Waals surface area contributed by atoms with E-state index in [0.717, 1.165) is 36.5 Å². The molecule has 0 aliphatic carbocycles. The van der Waals surface area contributed by atoms with Crippen molar-refractivity contribution in [3.8, 4) is 0 Å². The van der Waals surface area contributed by atoms with Crippen molar-refractivity contribution in [3.63, 3.8) is 0 Å². The average molecular weight is 242 g/mol. The Balaban J connectivity index is 2.05. The number of hydrogen-bond acceptors (Lipinski definition) is 3. The molecule has 3 rings (SSSR count). The van der Waals surface area contributed by atoms with Gasteiger partial charge in [-0.2, -0.15) is 0 Å². The summed E-state index contributed by atoms with van der Waals surface area (Å²) in [5.41, 5.74) is 3.28. The van der Waals surface area contributed by atoms with Crippen LogP contribution in [0.15, 0.2) is 30.3 Å². The largest absolute Gasteiger partial charge is 0.379 e. The number of aromatic nitrogens is 1. The topological polar surface area (TPSA) is 34.1 Å². The quantitative estimate of drug-likeness (QED) is 0.878. The summed E-state index contributed by atoms with van der Waals surface area (Å²) >= 11 is 0. The van der Waals surface area contributed by atoms with Gasteiger partial charge in [0.2, 0.25) is 0 Å². The maximum absolute atomic E-state index is 5.50. The summed E-state index contributed by atoms with van der Waals surface area (Å²) in [6.07, 6.45) is 1.04. The summed E-state index contributed by atoms with van der Waals surface area (Å²) in [5.74, 6) is 0. The van der Waals surface area contributed by atoms with Crippen LogP contribution in [-0.2, 0) is 4.74 Å². The zero-order valence-electron chi connectivity index (χ0n) is 10.9. The Morgan fingerprint density at radius 2 is 2.17 bits per heavy atom. The Hall–Kier alpha value is -1.61. The van der Waals surface area contributed by atoms with E-state index in [9.17, 15) is 0 Å².